The van der Waals surface area contributed by atoms with Gasteiger partial charge in [0.25, 0.3) is 5.91 Å². The molecule has 0 bridgehead atoms. The van der Waals surface area contributed by atoms with Crippen molar-refractivity contribution in [3.63, 3.8) is 0 Å². The van der Waals surface area contributed by atoms with Gasteiger partial charge in [-0.25, -0.2) is 17.5 Å². The van der Waals surface area contributed by atoms with Crippen LogP contribution in [-0.4, -0.2) is 42.2 Å². The highest BCUT2D eigenvalue weighted by molar-refractivity contribution is 7.94. The van der Waals surface area contributed by atoms with E-state index in [0.29, 0.717) is 4.31 Å². The second-order valence-corrected chi connectivity index (χ2v) is 7.70. The lowest BCUT2D eigenvalue weighted by molar-refractivity contribution is -0.116. The van der Waals surface area contributed by atoms with Gasteiger partial charge in [0.1, 0.15) is 11.3 Å². The van der Waals surface area contributed by atoms with Gasteiger partial charge in [-0.2, -0.15) is 0 Å². The first-order valence-electron chi connectivity index (χ1n) is 7.72. The molecule has 0 radical (unpaired) electrons. The minimum absolute atomic E-state index is 0.0860. The number of aromatic carboxylic acids is 1. The van der Waals surface area contributed by atoms with E-state index in [9.17, 15) is 27.9 Å². The smallest absolute Gasteiger partial charge is 0.339 e. The van der Waals surface area contributed by atoms with E-state index in [1.165, 1.54) is 30.3 Å². The fourth-order valence-electron chi connectivity index (χ4n) is 2.61. The third-order valence-electron chi connectivity index (χ3n) is 3.93. The quantitative estimate of drug-likeness (QED) is 0.670. The van der Waals surface area contributed by atoms with Crippen molar-refractivity contribution in [3.05, 3.63) is 53.6 Å². The molecule has 1 fully saturated rings. The molecule has 1 heterocycles. The van der Waals surface area contributed by atoms with Crippen molar-refractivity contribution in [2.75, 3.05) is 15.4 Å². The molecule has 2 aromatic rings. The molecule has 0 aliphatic carbocycles. The number of nitrogens with zero attached hydrogens (tertiary/aromatic N) is 1. The van der Waals surface area contributed by atoms with Crippen LogP contribution in [0, 0.1) is 0 Å². The van der Waals surface area contributed by atoms with Gasteiger partial charge in [-0.1, -0.05) is 0 Å². The van der Waals surface area contributed by atoms with E-state index in [0.717, 1.165) is 12.1 Å². The predicted molar refractivity (Wildman–Crippen MR) is 95.4 cm³/mol. The Morgan fingerprint density at radius 1 is 1.07 bits per heavy atom. The molecule has 140 valence electrons. The SMILES string of the molecule is O=C(Nc1ccc(O)c(C(=O)O)c1)c1ccc(N2C(=O)CCS2(=O)=O)cc1. The number of hydrogen-bond acceptors (Lipinski definition) is 6. The fraction of sp³-hybridized carbons (Fsp3) is 0.118. The average molecular weight is 390 g/mol. The van der Waals surface area contributed by atoms with E-state index in [2.05, 4.69) is 5.32 Å². The van der Waals surface area contributed by atoms with Gasteiger partial charge in [-0.3, -0.25) is 9.59 Å². The van der Waals surface area contributed by atoms with Crippen LogP contribution in [0.4, 0.5) is 11.4 Å². The average Bonchev–Trinajstić information content (AvgIpc) is 2.89. The molecule has 1 saturated heterocycles. The summed E-state index contributed by atoms with van der Waals surface area (Å²) in [5, 5.41) is 20.9. The van der Waals surface area contributed by atoms with E-state index in [1.54, 1.807) is 0 Å². The molecule has 1 aliphatic heterocycles. The number of carbonyl (C=O) groups is 3. The van der Waals surface area contributed by atoms with Crippen molar-refractivity contribution < 1.29 is 33.0 Å². The number of benzene rings is 2. The topological polar surface area (TPSA) is 141 Å². The van der Waals surface area contributed by atoms with Crippen LogP contribution in [0.5, 0.6) is 5.75 Å². The number of hydrogen-bond donors (Lipinski definition) is 3. The fourth-order valence-corrected chi connectivity index (χ4v) is 4.07. The number of aromatic hydroxyl groups is 1. The molecule has 3 N–H and O–H groups in total. The number of nitrogens with one attached hydrogen (secondary N) is 1. The molecule has 0 aromatic heterocycles. The molecule has 0 unspecified atom stereocenters. The van der Waals surface area contributed by atoms with Crippen LogP contribution in [0.25, 0.3) is 0 Å². The summed E-state index contributed by atoms with van der Waals surface area (Å²) in [4.78, 5) is 35.1. The van der Waals surface area contributed by atoms with E-state index in [4.69, 9.17) is 5.11 Å². The monoisotopic (exact) mass is 390 g/mol. The number of phenols is 1. The number of carbonyl (C=O) groups excluding carboxylic acids is 2. The van der Waals surface area contributed by atoms with E-state index in [1.807, 2.05) is 0 Å². The summed E-state index contributed by atoms with van der Waals surface area (Å²) in [7, 11) is -3.68. The number of anilines is 2. The van der Waals surface area contributed by atoms with Crippen molar-refractivity contribution in [1.29, 1.82) is 0 Å². The van der Waals surface area contributed by atoms with Gasteiger partial charge in [-0.15, -0.1) is 0 Å². The maximum atomic E-state index is 12.3. The van der Waals surface area contributed by atoms with Crippen LogP contribution in [0.3, 0.4) is 0 Å². The summed E-state index contributed by atoms with van der Waals surface area (Å²) >= 11 is 0. The first-order chi connectivity index (χ1) is 12.7. The molecule has 0 spiro atoms. The van der Waals surface area contributed by atoms with Crippen LogP contribution in [0.1, 0.15) is 27.1 Å². The highest BCUT2D eigenvalue weighted by Gasteiger charge is 2.36. The van der Waals surface area contributed by atoms with Crippen LogP contribution in [-0.2, 0) is 14.8 Å². The van der Waals surface area contributed by atoms with Gasteiger partial charge >= 0.3 is 5.97 Å². The van der Waals surface area contributed by atoms with Crippen LogP contribution < -0.4 is 9.62 Å². The lowest BCUT2D eigenvalue weighted by Crippen LogP contribution is -2.29. The normalized spacial score (nSPS) is 15.6. The molecule has 3 rings (SSSR count). The van der Waals surface area contributed by atoms with Crippen LogP contribution >= 0.6 is 0 Å². The zero-order chi connectivity index (χ0) is 19.8. The Hall–Kier alpha value is -3.40. The molecule has 1 aliphatic rings. The summed E-state index contributed by atoms with van der Waals surface area (Å²) in [6.45, 7) is 0. The highest BCUT2D eigenvalue weighted by Crippen LogP contribution is 2.26. The number of amides is 2. The summed E-state index contributed by atoms with van der Waals surface area (Å²) < 4.78 is 24.5. The molecular formula is C17H14N2O7S. The Labute approximate surface area is 153 Å². The first kappa shape index (κ1) is 18.4. The molecule has 2 amide bonds. The Morgan fingerprint density at radius 3 is 2.30 bits per heavy atom. The van der Waals surface area contributed by atoms with Crippen molar-refractivity contribution >= 4 is 39.2 Å². The van der Waals surface area contributed by atoms with Crippen LogP contribution in [0.2, 0.25) is 0 Å². The Kier molecular flexibility index (Phi) is 4.58. The Morgan fingerprint density at radius 2 is 1.74 bits per heavy atom. The Bertz CT molecular complexity index is 1050. The molecule has 0 saturated carbocycles. The predicted octanol–water partition coefficient (Wildman–Crippen LogP) is 1.41. The molecule has 9 nitrogen and oxygen atoms in total. The van der Waals surface area contributed by atoms with Crippen molar-refractivity contribution in [3.8, 4) is 5.75 Å². The van der Waals surface area contributed by atoms with Gasteiger partial charge in [-0.05, 0) is 42.5 Å². The van der Waals surface area contributed by atoms with Crippen molar-refractivity contribution in [1.82, 2.24) is 0 Å². The minimum atomic E-state index is -3.68. The molecule has 10 heteroatoms. The Balaban J connectivity index is 1.80. The lowest BCUT2D eigenvalue weighted by Gasteiger charge is -2.15. The van der Waals surface area contributed by atoms with Gasteiger partial charge in [0.2, 0.25) is 15.9 Å². The molecule has 2 aromatic carbocycles. The van der Waals surface area contributed by atoms with Crippen molar-refractivity contribution in [2.45, 2.75) is 6.42 Å². The van der Waals surface area contributed by atoms with E-state index in [-0.39, 0.29) is 34.7 Å². The maximum Gasteiger partial charge on any atom is 0.339 e. The minimum Gasteiger partial charge on any atom is -0.507 e. The second kappa shape index (κ2) is 6.72. The molecular weight excluding hydrogens is 376 g/mol. The summed E-state index contributed by atoms with van der Waals surface area (Å²) in [6.07, 6.45) is -0.0860. The van der Waals surface area contributed by atoms with Gasteiger partial charge in [0, 0.05) is 17.7 Å². The third-order valence-corrected chi connectivity index (χ3v) is 5.62. The van der Waals surface area contributed by atoms with Gasteiger partial charge in [0.15, 0.2) is 0 Å². The second-order valence-electron chi connectivity index (χ2n) is 5.76. The highest BCUT2D eigenvalue weighted by atomic mass is 32.2. The number of rotatable bonds is 4. The summed E-state index contributed by atoms with van der Waals surface area (Å²) in [5.74, 6) is -3.12. The zero-order valence-electron chi connectivity index (χ0n) is 13.7. The molecule has 27 heavy (non-hydrogen) atoms. The van der Waals surface area contributed by atoms with E-state index >= 15 is 0 Å². The van der Waals surface area contributed by atoms with Gasteiger partial charge in [0.05, 0.1) is 11.4 Å². The first-order valence-corrected chi connectivity index (χ1v) is 9.33. The van der Waals surface area contributed by atoms with E-state index < -0.39 is 33.6 Å². The maximum absolute atomic E-state index is 12.3. The lowest BCUT2D eigenvalue weighted by atomic mass is 10.1. The number of carboxylic acids is 1. The number of sulfonamides is 1. The van der Waals surface area contributed by atoms with Crippen LogP contribution in [0.15, 0.2) is 42.5 Å². The molecule has 0 atom stereocenters. The summed E-state index contributed by atoms with van der Waals surface area (Å²) in [6, 6.07) is 8.98. The standard InChI is InChI=1S/C17H14N2O7S/c20-14-6-3-11(9-13(14)17(23)24)18-16(22)10-1-4-12(5-2-10)19-15(21)7-8-27(19,25)26/h1-6,9,20H,7-8H2,(H,18,22)(H,23,24). The zero-order valence-corrected chi connectivity index (χ0v) is 14.6. The largest absolute Gasteiger partial charge is 0.507 e. The number of carboxylic acid groups (broad SMARTS) is 1. The third kappa shape index (κ3) is 3.60. The summed E-state index contributed by atoms with van der Waals surface area (Å²) in [5.41, 5.74) is 0.122. The van der Waals surface area contributed by atoms with Gasteiger partial charge < -0.3 is 15.5 Å². The van der Waals surface area contributed by atoms with Crippen molar-refractivity contribution in [2.24, 2.45) is 0 Å².